The Bertz CT molecular complexity index is 728. The zero-order valence-corrected chi connectivity index (χ0v) is 14.6. The number of hydrogen-bond acceptors (Lipinski definition) is 3. The molecule has 5 heteroatoms. The number of fused-ring (bicyclic) bond motifs is 1. The molecule has 2 aliphatic rings. The summed E-state index contributed by atoms with van der Waals surface area (Å²) in [4.78, 5) is 20.9. The van der Waals surface area contributed by atoms with Crippen molar-refractivity contribution in [3.63, 3.8) is 0 Å². The Hall–Kier alpha value is -1.62. The second kappa shape index (κ2) is 5.78. The Morgan fingerprint density at radius 2 is 2.26 bits per heavy atom. The van der Waals surface area contributed by atoms with E-state index in [-0.39, 0.29) is 5.91 Å². The molecular formula is C18H23N3OS. The lowest BCUT2D eigenvalue weighted by molar-refractivity contribution is 0.0772. The average molecular weight is 329 g/mol. The lowest BCUT2D eigenvalue weighted by Crippen LogP contribution is -2.33. The van der Waals surface area contributed by atoms with Crippen LogP contribution >= 0.6 is 11.3 Å². The standard InChI is InChI=1S/C18H23N3OS/c1-12-19-17-13(5-3-7-16(17)23-12)11-20(2)18(22)15-6-4-10-21(15)14-8-9-14/h4,6,10,13-14H,3,5,7-9,11H2,1-2H3/t13-/m0/s1. The van der Waals surface area contributed by atoms with Crippen molar-refractivity contribution in [2.24, 2.45) is 0 Å². The fourth-order valence-corrected chi connectivity index (χ4v) is 4.73. The van der Waals surface area contributed by atoms with Crippen molar-refractivity contribution < 1.29 is 4.79 Å². The van der Waals surface area contributed by atoms with Crippen LogP contribution < -0.4 is 0 Å². The first kappa shape index (κ1) is 14.9. The summed E-state index contributed by atoms with van der Waals surface area (Å²) in [5, 5.41) is 1.15. The minimum atomic E-state index is 0.140. The number of aryl methyl sites for hydroxylation is 2. The van der Waals surface area contributed by atoms with E-state index in [0.717, 1.165) is 30.1 Å². The number of aromatic nitrogens is 2. The van der Waals surface area contributed by atoms with Crippen molar-refractivity contribution in [3.05, 3.63) is 39.6 Å². The fourth-order valence-electron chi connectivity index (χ4n) is 3.66. The van der Waals surface area contributed by atoms with Gasteiger partial charge in [-0.15, -0.1) is 11.3 Å². The second-order valence-corrected chi connectivity index (χ2v) is 8.14. The second-order valence-electron chi connectivity index (χ2n) is 6.85. The molecule has 2 heterocycles. The summed E-state index contributed by atoms with van der Waals surface area (Å²) < 4.78 is 2.15. The fraction of sp³-hybridized carbons (Fsp3) is 0.556. The van der Waals surface area contributed by atoms with Crippen molar-refractivity contribution >= 4 is 17.2 Å². The Kier molecular flexibility index (Phi) is 3.76. The molecule has 2 aromatic rings. The first-order chi connectivity index (χ1) is 11.1. The predicted octanol–water partition coefficient (Wildman–Crippen LogP) is 3.78. The number of rotatable bonds is 4. The molecule has 0 spiro atoms. The molecule has 2 aromatic heterocycles. The Morgan fingerprint density at radius 3 is 3.04 bits per heavy atom. The van der Waals surface area contributed by atoms with Crippen molar-refractivity contribution in [3.8, 4) is 0 Å². The maximum Gasteiger partial charge on any atom is 0.270 e. The highest BCUT2D eigenvalue weighted by Gasteiger charge is 2.30. The van der Waals surface area contributed by atoms with Gasteiger partial charge in [-0.1, -0.05) is 0 Å². The maximum absolute atomic E-state index is 12.8. The summed E-state index contributed by atoms with van der Waals surface area (Å²) in [7, 11) is 1.93. The number of hydrogen-bond donors (Lipinski definition) is 0. The van der Waals surface area contributed by atoms with Crippen molar-refractivity contribution in [2.75, 3.05) is 13.6 Å². The summed E-state index contributed by atoms with van der Waals surface area (Å²) >= 11 is 1.82. The Labute approximate surface area is 141 Å². The number of amides is 1. The first-order valence-electron chi connectivity index (χ1n) is 8.52. The molecule has 0 N–H and O–H groups in total. The van der Waals surface area contributed by atoms with E-state index in [0.29, 0.717) is 12.0 Å². The van der Waals surface area contributed by atoms with Gasteiger partial charge in [-0.05, 0) is 51.2 Å². The molecule has 122 valence electrons. The highest BCUT2D eigenvalue weighted by atomic mass is 32.1. The van der Waals surface area contributed by atoms with E-state index in [1.54, 1.807) is 0 Å². The van der Waals surface area contributed by atoms with Gasteiger partial charge in [0.1, 0.15) is 5.69 Å². The van der Waals surface area contributed by atoms with Gasteiger partial charge in [-0.2, -0.15) is 0 Å². The highest BCUT2D eigenvalue weighted by molar-refractivity contribution is 7.11. The Balaban J connectivity index is 1.50. The number of likely N-dealkylation sites (N-methyl/N-ethyl adjacent to an activating group) is 1. The summed E-state index contributed by atoms with van der Waals surface area (Å²) in [6.45, 7) is 2.85. The maximum atomic E-state index is 12.8. The molecule has 1 fully saturated rings. The van der Waals surface area contributed by atoms with Crippen LogP contribution in [0.25, 0.3) is 0 Å². The third-order valence-corrected chi connectivity index (χ3v) is 6.00. The van der Waals surface area contributed by atoms with E-state index in [9.17, 15) is 4.79 Å². The summed E-state index contributed by atoms with van der Waals surface area (Å²) in [5.41, 5.74) is 2.08. The SMILES string of the molecule is Cc1nc2c(s1)CCC[C@H]2CN(C)C(=O)c1cccn1C1CC1. The van der Waals surface area contributed by atoms with Gasteiger partial charge < -0.3 is 9.47 Å². The minimum absolute atomic E-state index is 0.140. The van der Waals surface area contributed by atoms with Crippen LogP contribution in [0.15, 0.2) is 18.3 Å². The molecule has 0 unspecified atom stereocenters. The molecule has 0 saturated heterocycles. The van der Waals surface area contributed by atoms with Crippen LogP contribution in [-0.4, -0.2) is 34.0 Å². The normalized spacial score (nSPS) is 20.3. The molecule has 0 radical (unpaired) electrons. The molecule has 23 heavy (non-hydrogen) atoms. The van der Waals surface area contributed by atoms with Crippen LogP contribution in [-0.2, 0) is 6.42 Å². The van der Waals surface area contributed by atoms with Crippen LogP contribution in [0.4, 0.5) is 0 Å². The number of carbonyl (C=O) groups excluding carboxylic acids is 1. The quantitative estimate of drug-likeness (QED) is 0.856. The monoisotopic (exact) mass is 329 g/mol. The Morgan fingerprint density at radius 1 is 1.43 bits per heavy atom. The van der Waals surface area contributed by atoms with Crippen molar-refractivity contribution in [1.29, 1.82) is 0 Å². The van der Waals surface area contributed by atoms with Gasteiger partial charge in [-0.25, -0.2) is 4.98 Å². The molecule has 4 nitrogen and oxygen atoms in total. The molecule has 0 aromatic carbocycles. The van der Waals surface area contributed by atoms with Gasteiger partial charge in [0, 0.05) is 36.6 Å². The third-order valence-electron chi connectivity index (χ3n) is 4.96. The molecular weight excluding hydrogens is 306 g/mol. The van der Waals surface area contributed by atoms with Gasteiger partial charge in [-0.3, -0.25) is 4.79 Å². The van der Waals surface area contributed by atoms with Crippen LogP contribution in [0.2, 0.25) is 0 Å². The number of nitrogens with zero attached hydrogens (tertiary/aromatic N) is 3. The molecule has 2 aliphatic carbocycles. The number of carbonyl (C=O) groups is 1. The average Bonchev–Trinajstić information content (AvgIpc) is 3.12. The summed E-state index contributed by atoms with van der Waals surface area (Å²) in [6.07, 6.45) is 7.93. The smallest absolute Gasteiger partial charge is 0.270 e. The van der Waals surface area contributed by atoms with E-state index in [2.05, 4.69) is 11.5 Å². The van der Waals surface area contributed by atoms with Gasteiger partial charge in [0.15, 0.2) is 0 Å². The molecule has 1 saturated carbocycles. The van der Waals surface area contributed by atoms with E-state index in [1.165, 1.54) is 29.8 Å². The third kappa shape index (κ3) is 2.82. The van der Waals surface area contributed by atoms with Gasteiger partial charge >= 0.3 is 0 Å². The molecule has 1 atom stereocenters. The van der Waals surface area contributed by atoms with Crippen LogP contribution in [0.1, 0.15) is 63.7 Å². The highest BCUT2D eigenvalue weighted by Crippen LogP contribution is 2.37. The van der Waals surface area contributed by atoms with Crippen LogP contribution in [0.3, 0.4) is 0 Å². The lowest BCUT2D eigenvalue weighted by atomic mass is 9.90. The number of thiazole rings is 1. The summed E-state index contributed by atoms with van der Waals surface area (Å²) in [6, 6.07) is 4.48. The lowest BCUT2D eigenvalue weighted by Gasteiger charge is -2.27. The van der Waals surface area contributed by atoms with Gasteiger partial charge in [0.05, 0.1) is 10.7 Å². The zero-order chi connectivity index (χ0) is 16.0. The van der Waals surface area contributed by atoms with E-state index in [4.69, 9.17) is 4.98 Å². The van der Waals surface area contributed by atoms with E-state index in [1.807, 2.05) is 41.6 Å². The van der Waals surface area contributed by atoms with Crippen molar-refractivity contribution in [2.45, 2.75) is 51.0 Å². The largest absolute Gasteiger partial charge is 0.340 e. The molecule has 0 bridgehead atoms. The van der Waals surface area contributed by atoms with Gasteiger partial charge in [0.25, 0.3) is 5.91 Å². The molecule has 1 amide bonds. The predicted molar refractivity (Wildman–Crippen MR) is 92.2 cm³/mol. The van der Waals surface area contributed by atoms with Crippen LogP contribution in [0, 0.1) is 6.92 Å². The topological polar surface area (TPSA) is 38.1 Å². The van der Waals surface area contributed by atoms with Gasteiger partial charge in [0.2, 0.25) is 0 Å². The first-order valence-corrected chi connectivity index (χ1v) is 9.33. The minimum Gasteiger partial charge on any atom is -0.340 e. The zero-order valence-electron chi connectivity index (χ0n) is 13.8. The summed E-state index contributed by atoms with van der Waals surface area (Å²) in [5.74, 6) is 0.531. The molecule has 4 rings (SSSR count). The van der Waals surface area contributed by atoms with Crippen molar-refractivity contribution in [1.82, 2.24) is 14.5 Å². The van der Waals surface area contributed by atoms with Crippen LogP contribution in [0.5, 0.6) is 0 Å². The van der Waals surface area contributed by atoms with E-state index < -0.39 is 0 Å². The molecule has 0 aliphatic heterocycles. The van der Waals surface area contributed by atoms with E-state index >= 15 is 0 Å².